The normalized spacial score (nSPS) is 10.8. The minimum Gasteiger partial charge on any atom is -0.497 e. The number of para-hydroxylation sites is 1. The molecular formula is C16H14N8OS. The smallest absolute Gasteiger partial charge is 0.214 e. The van der Waals surface area contributed by atoms with Gasteiger partial charge in [0.15, 0.2) is 5.82 Å². The van der Waals surface area contributed by atoms with Gasteiger partial charge in [-0.2, -0.15) is 9.36 Å². The highest BCUT2D eigenvalue weighted by Gasteiger charge is 2.13. The average molecular weight is 366 g/mol. The van der Waals surface area contributed by atoms with Crippen molar-refractivity contribution in [2.75, 3.05) is 7.11 Å². The van der Waals surface area contributed by atoms with E-state index in [1.807, 2.05) is 54.6 Å². The highest BCUT2D eigenvalue weighted by molar-refractivity contribution is 7.98. The van der Waals surface area contributed by atoms with Crippen LogP contribution in [0.15, 0.2) is 59.8 Å². The van der Waals surface area contributed by atoms with E-state index in [1.54, 1.807) is 16.5 Å². The van der Waals surface area contributed by atoms with E-state index in [0.29, 0.717) is 16.7 Å². The summed E-state index contributed by atoms with van der Waals surface area (Å²) in [6.45, 7) is 0. The number of rotatable bonds is 6. The maximum Gasteiger partial charge on any atom is 0.214 e. The first kappa shape index (κ1) is 16.2. The van der Waals surface area contributed by atoms with Crippen LogP contribution in [0.4, 0.5) is 0 Å². The molecule has 10 heteroatoms. The molecule has 0 aliphatic heterocycles. The van der Waals surface area contributed by atoms with Crippen LogP contribution < -0.4 is 4.74 Å². The number of nitrogens with zero attached hydrogens (tertiary/aromatic N) is 8. The molecule has 2 heterocycles. The van der Waals surface area contributed by atoms with Gasteiger partial charge in [0.05, 0.1) is 24.2 Å². The number of aromatic nitrogens is 8. The molecule has 130 valence electrons. The molecule has 0 aliphatic carbocycles. The standard InChI is InChI=1S/C16H14N8OS/c1-25-14-9-7-13(8-10-14)24-16(18-20-22-24)26-11-15-17-19-21-23(15)12-5-3-2-4-6-12/h2-10H,11H2,1H3. The van der Waals surface area contributed by atoms with Crippen molar-refractivity contribution >= 4 is 11.8 Å². The van der Waals surface area contributed by atoms with E-state index in [9.17, 15) is 0 Å². The van der Waals surface area contributed by atoms with Crippen molar-refractivity contribution in [3.05, 3.63) is 60.4 Å². The van der Waals surface area contributed by atoms with Gasteiger partial charge < -0.3 is 4.74 Å². The zero-order chi connectivity index (χ0) is 17.8. The van der Waals surface area contributed by atoms with Crippen LogP contribution in [0.3, 0.4) is 0 Å². The van der Waals surface area contributed by atoms with Gasteiger partial charge in [-0.3, -0.25) is 0 Å². The Bertz CT molecular complexity index is 983. The number of thioether (sulfide) groups is 1. The van der Waals surface area contributed by atoms with Gasteiger partial charge in [0, 0.05) is 0 Å². The fraction of sp³-hybridized carbons (Fsp3) is 0.125. The van der Waals surface area contributed by atoms with Gasteiger partial charge in [-0.25, -0.2) is 0 Å². The van der Waals surface area contributed by atoms with Gasteiger partial charge in [-0.15, -0.1) is 10.2 Å². The van der Waals surface area contributed by atoms with Crippen molar-refractivity contribution in [1.29, 1.82) is 0 Å². The number of hydrogen-bond donors (Lipinski definition) is 0. The van der Waals surface area contributed by atoms with Gasteiger partial charge >= 0.3 is 0 Å². The molecule has 4 aromatic rings. The summed E-state index contributed by atoms with van der Waals surface area (Å²) in [5, 5.41) is 24.5. The van der Waals surface area contributed by atoms with Gasteiger partial charge in [-0.05, 0) is 57.3 Å². The number of hydrogen-bond acceptors (Lipinski definition) is 8. The van der Waals surface area contributed by atoms with Crippen LogP contribution in [0, 0.1) is 0 Å². The number of ether oxygens (including phenoxy) is 1. The molecule has 0 N–H and O–H groups in total. The molecule has 0 atom stereocenters. The topological polar surface area (TPSA) is 96.4 Å². The second-order valence-electron chi connectivity index (χ2n) is 5.20. The van der Waals surface area contributed by atoms with E-state index in [4.69, 9.17) is 4.74 Å². The summed E-state index contributed by atoms with van der Waals surface area (Å²) >= 11 is 1.46. The summed E-state index contributed by atoms with van der Waals surface area (Å²) < 4.78 is 8.55. The number of tetrazole rings is 2. The Morgan fingerprint density at radius 3 is 2.31 bits per heavy atom. The van der Waals surface area contributed by atoms with Crippen LogP contribution in [0.1, 0.15) is 5.82 Å². The molecule has 0 amide bonds. The molecule has 0 saturated heterocycles. The molecule has 0 spiro atoms. The molecular weight excluding hydrogens is 352 g/mol. The lowest BCUT2D eigenvalue weighted by Gasteiger charge is -2.06. The second kappa shape index (κ2) is 7.31. The predicted octanol–water partition coefficient (Wildman–Crippen LogP) is 1.94. The molecule has 0 unspecified atom stereocenters. The maximum atomic E-state index is 5.18. The number of methoxy groups -OCH3 is 1. The van der Waals surface area contributed by atoms with Crippen molar-refractivity contribution in [3.63, 3.8) is 0 Å². The molecule has 0 saturated carbocycles. The molecule has 0 fully saturated rings. The summed E-state index contributed by atoms with van der Waals surface area (Å²) in [5.41, 5.74) is 1.75. The summed E-state index contributed by atoms with van der Waals surface area (Å²) in [6, 6.07) is 17.3. The Morgan fingerprint density at radius 1 is 0.846 bits per heavy atom. The molecule has 4 rings (SSSR count). The first-order valence-electron chi connectivity index (χ1n) is 7.73. The zero-order valence-corrected chi connectivity index (χ0v) is 14.6. The predicted molar refractivity (Wildman–Crippen MR) is 94.4 cm³/mol. The minimum absolute atomic E-state index is 0.526. The third-order valence-corrected chi connectivity index (χ3v) is 4.54. The van der Waals surface area contributed by atoms with E-state index in [2.05, 4.69) is 31.1 Å². The average Bonchev–Trinajstić information content (AvgIpc) is 3.36. The van der Waals surface area contributed by atoms with Crippen molar-refractivity contribution in [2.45, 2.75) is 10.9 Å². The van der Waals surface area contributed by atoms with Crippen LogP contribution in [0.25, 0.3) is 11.4 Å². The zero-order valence-electron chi connectivity index (χ0n) is 13.8. The van der Waals surface area contributed by atoms with Crippen LogP contribution in [-0.4, -0.2) is 47.5 Å². The highest BCUT2D eigenvalue weighted by atomic mass is 32.2. The monoisotopic (exact) mass is 366 g/mol. The maximum absolute atomic E-state index is 5.18. The largest absolute Gasteiger partial charge is 0.497 e. The lowest BCUT2D eigenvalue weighted by atomic mass is 10.3. The molecule has 0 aliphatic rings. The third kappa shape index (κ3) is 3.26. The van der Waals surface area contributed by atoms with Gasteiger partial charge in [-0.1, -0.05) is 30.0 Å². The lowest BCUT2D eigenvalue weighted by Crippen LogP contribution is -2.03. The van der Waals surface area contributed by atoms with Gasteiger partial charge in [0.1, 0.15) is 5.75 Å². The van der Waals surface area contributed by atoms with Crippen LogP contribution in [-0.2, 0) is 5.75 Å². The van der Waals surface area contributed by atoms with Crippen LogP contribution in [0.5, 0.6) is 5.75 Å². The summed E-state index contributed by atoms with van der Waals surface area (Å²) in [5.74, 6) is 2.02. The molecule has 0 bridgehead atoms. The van der Waals surface area contributed by atoms with Gasteiger partial charge in [0.2, 0.25) is 5.16 Å². The molecule has 2 aromatic carbocycles. The Labute approximate surface area is 153 Å². The Kier molecular flexibility index (Phi) is 4.56. The van der Waals surface area contributed by atoms with Crippen molar-refractivity contribution in [3.8, 4) is 17.1 Å². The van der Waals surface area contributed by atoms with Crippen LogP contribution >= 0.6 is 11.8 Å². The van der Waals surface area contributed by atoms with Crippen molar-refractivity contribution < 1.29 is 4.74 Å². The summed E-state index contributed by atoms with van der Waals surface area (Å²) in [4.78, 5) is 0. The SMILES string of the molecule is COc1ccc(-n2nnnc2SCc2nnnn2-c2ccccc2)cc1. The van der Waals surface area contributed by atoms with E-state index < -0.39 is 0 Å². The van der Waals surface area contributed by atoms with Gasteiger partial charge in [0.25, 0.3) is 0 Å². The molecule has 26 heavy (non-hydrogen) atoms. The first-order chi connectivity index (χ1) is 12.8. The highest BCUT2D eigenvalue weighted by Crippen LogP contribution is 2.23. The fourth-order valence-corrected chi connectivity index (χ4v) is 3.15. The van der Waals surface area contributed by atoms with E-state index in [0.717, 1.165) is 17.1 Å². The van der Waals surface area contributed by atoms with E-state index in [1.165, 1.54) is 11.8 Å². The van der Waals surface area contributed by atoms with Crippen molar-refractivity contribution in [1.82, 2.24) is 40.4 Å². The quantitative estimate of drug-likeness (QED) is 0.478. The van der Waals surface area contributed by atoms with E-state index >= 15 is 0 Å². The Morgan fingerprint density at radius 2 is 1.54 bits per heavy atom. The fourth-order valence-electron chi connectivity index (χ4n) is 2.35. The Balaban J connectivity index is 1.53. The summed E-state index contributed by atoms with van der Waals surface area (Å²) in [7, 11) is 1.63. The Hall–Kier alpha value is -3.27. The van der Waals surface area contributed by atoms with Crippen molar-refractivity contribution in [2.24, 2.45) is 0 Å². The molecule has 2 aromatic heterocycles. The lowest BCUT2D eigenvalue weighted by molar-refractivity contribution is 0.414. The minimum atomic E-state index is 0.526. The van der Waals surface area contributed by atoms with Crippen LogP contribution in [0.2, 0.25) is 0 Å². The van der Waals surface area contributed by atoms with E-state index in [-0.39, 0.29) is 0 Å². The number of benzene rings is 2. The third-order valence-electron chi connectivity index (χ3n) is 3.62. The second-order valence-corrected chi connectivity index (χ2v) is 6.14. The summed E-state index contributed by atoms with van der Waals surface area (Å²) in [6.07, 6.45) is 0. The molecule has 9 nitrogen and oxygen atoms in total. The first-order valence-corrected chi connectivity index (χ1v) is 8.72. The molecule has 0 radical (unpaired) electrons.